The lowest BCUT2D eigenvalue weighted by atomic mass is 9.96. The third kappa shape index (κ3) is 3.67. The number of nitrogens with zero attached hydrogens (tertiary/aromatic N) is 2. The van der Waals surface area contributed by atoms with E-state index in [1.165, 1.54) is 0 Å². The number of carbonyl (C=O) groups excluding carboxylic acids is 3. The summed E-state index contributed by atoms with van der Waals surface area (Å²) in [5.74, 6) is 0.0447. The standard InChI is InChI=1S/C17H27N3O3/c1-2-15(21)19-9-3-5-12(11-19)17(23)20-10-4-6-14(20)16(22)18-13-7-8-13/h12-14H,2-11H2,1H3,(H,18,22). The average Bonchev–Trinajstić information content (AvgIpc) is 3.25. The molecule has 2 unspecified atom stereocenters. The second-order valence-electron chi connectivity index (χ2n) is 7.00. The summed E-state index contributed by atoms with van der Waals surface area (Å²) in [4.78, 5) is 40.7. The van der Waals surface area contributed by atoms with Crippen molar-refractivity contribution in [3.05, 3.63) is 0 Å². The Balaban J connectivity index is 1.61. The van der Waals surface area contributed by atoms with Crippen LogP contribution in [0.5, 0.6) is 0 Å². The summed E-state index contributed by atoms with van der Waals surface area (Å²) in [6.45, 7) is 3.79. The molecule has 0 radical (unpaired) electrons. The van der Waals surface area contributed by atoms with Gasteiger partial charge >= 0.3 is 0 Å². The lowest BCUT2D eigenvalue weighted by Gasteiger charge is -2.35. The zero-order valence-corrected chi connectivity index (χ0v) is 13.9. The van der Waals surface area contributed by atoms with Gasteiger partial charge in [-0.25, -0.2) is 0 Å². The summed E-state index contributed by atoms with van der Waals surface area (Å²) >= 11 is 0. The molecule has 1 N–H and O–H groups in total. The maximum atomic E-state index is 12.9. The van der Waals surface area contributed by atoms with Gasteiger partial charge in [0.2, 0.25) is 17.7 Å². The number of carbonyl (C=O) groups is 3. The van der Waals surface area contributed by atoms with Crippen molar-refractivity contribution in [2.24, 2.45) is 5.92 Å². The SMILES string of the molecule is CCC(=O)N1CCCC(C(=O)N2CCCC2C(=O)NC2CC2)C1. The molecule has 0 aromatic carbocycles. The monoisotopic (exact) mass is 321 g/mol. The van der Waals surface area contributed by atoms with Crippen LogP contribution in [0.4, 0.5) is 0 Å². The molecule has 23 heavy (non-hydrogen) atoms. The van der Waals surface area contributed by atoms with E-state index in [4.69, 9.17) is 0 Å². The molecule has 2 atom stereocenters. The number of piperidine rings is 1. The van der Waals surface area contributed by atoms with Gasteiger partial charge < -0.3 is 15.1 Å². The predicted molar refractivity (Wildman–Crippen MR) is 85.5 cm³/mol. The van der Waals surface area contributed by atoms with Crippen LogP contribution in [0.1, 0.15) is 51.9 Å². The molecule has 6 heteroatoms. The maximum Gasteiger partial charge on any atom is 0.243 e. The highest BCUT2D eigenvalue weighted by atomic mass is 16.2. The van der Waals surface area contributed by atoms with E-state index >= 15 is 0 Å². The van der Waals surface area contributed by atoms with Crippen molar-refractivity contribution in [1.29, 1.82) is 0 Å². The van der Waals surface area contributed by atoms with E-state index in [2.05, 4.69) is 5.32 Å². The summed E-state index contributed by atoms with van der Waals surface area (Å²) in [6.07, 6.45) is 5.94. The molecule has 3 amide bonds. The first-order chi connectivity index (χ1) is 11.1. The molecule has 1 saturated carbocycles. The first-order valence-corrected chi connectivity index (χ1v) is 8.98. The molecule has 6 nitrogen and oxygen atoms in total. The van der Waals surface area contributed by atoms with Crippen LogP contribution < -0.4 is 5.32 Å². The fourth-order valence-electron chi connectivity index (χ4n) is 3.69. The Hall–Kier alpha value is -1.59. The number of hydrogen-bond acceptors (Lipinski definition) is 3. The molecular formula is C17H27N3O3. The first-order valence-electron chi connectivity index (χ1n) is 8.98. The minimum atomic E-state index is -0.305. The topological polar surface area (TPSA) is 69.7 Å². The van der Waals surface area contributed by atoms with E-state index in [-0.39, 0.29) is 29.7 Å². The van der Waals surface area contributed by atoms with Crippen molar-refractivity contribution in [3.8, 4) is 0 Å². The normalized spacial score (nSPS) is 27.9. The Morgan fingerprint density at radius 1 is 1.04 bits per heavy atom. The van der Waals surface area contributed by atoms with Crippen molar-refractivity contribution in [2.45, 2.75) is 64.0 Å². The smallest absolute Gasteiger partial charge is 0.243 e. The first kappa shape index (κ1) is 16.3. The molecule has 0 aromatic heterocycles. The third-order valence-corrected chi connectivity index (χ3v) is 5.19. The molecular weight excluding hydrogens is 294 g/mol. The van der Waals surface area contributed by atoms with Crippen LogP contribution in [0.2, 0.25) is 0 Å². The van der Waals surface area contributed by atoms with Gasteiger partial charge in [0.15, 0.2) is 0 Å². The highest BCUT2D eigenvalue weighted by Gasteiger charge is 2.40. The van der Waals surface area contributed by atoms with Gasteiger partial charge in [0, 0.05) is 32.1 Å². The Bertz CT molecular complexity index is 489. The van der Waals surface area contributed by atoms with E-state index in [1.807, 2.05) is 6.92 Å². The largest absolute Gasteiger partial charge is 0.352 e. The number of likely N-dealkylation sites (tertiary alicyclic amines) is 2. The van der Waals surface area contributed by atoms with E-state index in [0.717, 1.165) is 45.1 Å². The molecule has 2 aliphatic heterocycles. The zero-order valence-electron chi connectivity index (χ0n) is 13.9. The predicted octanol–water partition coefficient (Wildman–Crippen LogP) is 0.905. The lowest BCUT2D eigenvalue weighted by Crippen LogP contribution is -2.51. The Kier molecular flexibility index (Phi) is 4.87. The maximum absolute atomic E-state index is 12.9. The second-order valence-corrected chi connectivity index (χ2v) is 7.00. The summed E-state index contributed by atoms with van der Waals surface area (Å²) in [5.41, 5.74) is 0. The van der Waals surface area contributed by atoms with Gasteiger partial charge in [0.1, 0.15) is 6.04 Å². The second kappa shape index (κ2) is 6.89. The molecule has 128 valence electrons. The van der Waals surface area contributed by atoms with Crippen molar-refractivity contribution in [1.82, 2.24) is 15.1 Å². The van der Waals surface area contributed by atoms with Crippen LogP contribution in [0.25, 0.3) is 0 Å². The lowest BCUT2D eigenvalue weighted by molar-refractivity contribution is -0.145. The third-order valence-electron chi connectivity index (χ3n) is 5.19. The van der Waals surface area contributed by atoms with Gasteiger partial charge in [-0.3, -0.25) is 14.4 Å². The highest BCUT2D eigenvalue weighted by Crippen LogP contribution is 2.26. The highest BCUT2D eigenvalue weighted by molar-refractivity contribution is 5.89. The molecule has 2 saturated heterocycles. The van der Waals surface area contributed by atoms with Crippen LogP contribution in [-0.4, -0.2) is 59.2 Å². The average molecular weight is 321 g/mol. The minimum Gasteiger partial charge on any atom is -0.352 e. The summed E-state index contributed by atoms with van der Waals surface area (Å²) in [6, 6.07) is 0.0211. The Morgan fingerprint density at radius 2 is 1.78 bits per heavy atom. The molecule has 3 rings (SSSR count). The van der Waals surface area contributed by atoms with Crippen LogP contribution >= 0.6 is 0 Å². The Labute approximate surface area is 137 Å². The molecule has 1 aliphatic carbocycles. The van der Waals surface area contributed by atoms with E-state index in [0.29, 0.717) is 25.6 Å². The molecule has 0 spiro atoms. The van der Waals surface area contributed by atoms with Crippen LogP contribution in [0, 0.1) is 5.92 Å². The molecule has 0 bridgehead atoms. The van der Waals surface area contributed by atoms with E-state index in [1.54, 1.807) is 9.80 Å². The Morgan fingerprint density at radius 3 is 2.48 bits per heavy atom. The van der Waals surface area contributed by atoms with Crippen molar-refractivity contribution in [2.75, 3.05) is 19.6 Å². The fraction of sp³-hybridized carbons (Fsp3) is 0.824. The number of rotatable bonds is 4. The van der Waals surface area contributed by atoms with Crippen molar-refractivity contribution < 1.29 is 14.4 Å². The summed E-state index contributed by atoms with van der Waals surface area (Å²) in [5, 5.41) is 3.02. The number of amides is 3. The zero-order chi connectivity index (χ0) is 16.4. The van der Waals surface area contributed by atoms with Gasteiger partial charge in [-0.05, 0) is 38.5 Å². The van der Waals surface area contributed by atoms with Gasteiger partial charge in [0.25, 0.3) is 0 Å². The van der Waals surface area contributed by atoms with Gasteiger partial charge in [-0.15, -0.1) is 0 Å². The number of nitrogens with one attached hydrogen (secondary N) is 1. The molecule has 2 heterocycles. The summed E-state index contributed by atoms with van der Waals surface area (Å²) < 4.78 is 0. The minimum absolute atomic E-state index is 0.00986. The molecule has 3 fully saturated rings. The number of hydrogen-bond donors (Lipinski definition) is 1. The van der Waals surface area contributed by atoms with Gasteiger partial charge in [-0.1, -0.05) is 6.92 Å². The van der Waals surface area contributed by atoms with Crippen LogP contribution in [-0.2, 0) is 14.4 Å². The van der Waals surface area contributed by atoms with Crippen LogP contribution in [0.3, 0.4) is 0 Å². The van der Waals surface area contributed by atoms with Crippen LogP contribution in [0.15, 0.2) is 0 Å². The van der Waals surface area contributed by atoms with E-state index < -0.39 is 0 Å². The quantitative estimate of drug-likeness (QED) is 0.836. The van der Waals surface area contributed by atoms with Crippen molar-refractivity contribution >= 4 is 17.7 Å². The summed E-state index contributed by atoms with van der Waals surface area (Å²) in [7, 11) is 0. The molecule has 3 aliphatic rings. The van der Waals surface area contributed by atoms with E-state index in [9.17, 15) is 14.4 Å². The molecule has 0 aromatic rings. The fourth-order valence-corrected chi connectivity index (χ4v) is 3.69. The van der Waals surface area contributed by atoms with Gasteiger partial charge in [-0.2, -0.15) is 0 Å². The van der Waals surface area contributed by atoms with Gasteiger partial charge in [0.05, 0.1) is 5.92 Å². The van der Waals surface area contributed by atoms with Crippen molar-refractivity contribution in [3.63, 3.8) is 0 Å².